The molecule has 3 aliphatic rings. The van der Waals surface area contributed by atoms with E-state index in [-0.39, 0.29) is 36.3 Å². The van der Waals surface area contributed by atoms with Crippen LogP contribution >= 0.6 is 0 Å². The van der Waals surface area contributed by atoms with Crippen molar-refractivity contribution in [1.29, 1.82) is 0 Å². The van der Waals surface area contributed by atoms with Crippen molar-refractivity contribution in [3.05, 3.63) is 59.7 Å². The number of hydrogen-bond acceptors (Lipinski definition) is 4. The van der Waals surface area contributed by atoms with Gasteiger partial charge in [0.1, 0.15) is 11.8 Å². The number of fused-ring (bicyclic) bond motifs is 1. The molecule has 2 aromatic rings. The van der Waals surface area contributed by atoms with Gasteiger partial charge in [-0.25, -0.2) is 0 Å². The van der Waals surface area contributed by atoms with Gasteiger partial charge in [0.15, 0.2) is 0 Å². The summed E-state index contributed by atoms with van der Waals surface area (Å²) in [6.45, 7) is 1.94. The summed E-state index contributed by atoms with van der Waals surface area (Å²) >= 11 is 0. The van der Waals surface area contributed by atoms with E-state index in [2.05, 4.69) is 12.2 Å². The van der Waals surface area contributed by atoms with E-state index in [0.29, 0.717) is 11.5 Å². The fourth-order valence-electron chi connectivity index (χ4n) is 4.82. The van der Waals surface area contributed by atoms with E-state index in [0.717, 1.165) is 42.7 Å². The highest BCUT2D eigenvalue weighted by Gasteiger charge is 2.47. The van der Waals surface area contributed by atoms with Crippen molar-refractivity contribution in [2.24, 2.45) is 5.92 Å². The molecule has 0 aromatic heterocycles. The molecule has 0 bridgehead atoms. The lowest BCUT2D eigenvalue weighted by molar-refractivity contribution is -0.128. The third-order valence-corrected chi connectivity index (χ3v) is 6.93. The van der Waals surface area contributed by atoms with Crippen molar-refractivity contribution < 1.29 is 19.1 Å². The molecule has 2 fully saturated rings. The standard InChI is InChI=1S/C26H29N3O4/c1-16(17-7-8-17)28(18-11-13-20(33-2)14-12-18)23(30)15-27-25(31)24-21-5-3-4-6-22(21)26(32)29(24)19-9-10-19/h3-6,11-14,16-17,19,24H,7-10,15H2,1-2H3,(H,27,31). The second-order valence-electron chi connectivity index (χ2n) is 9.19. The SMILES string of the molecule is COc1ccc(N(C(=O)CNC(=O)C2c3ccccc3C(=O)N2C2CC2)C(C)C2CC2)cc1. The molecule has 1 aliphatic heterocycles. The monoisotopic (exact) mass is 447 g/mol. The lowest BCUT2D eigenvalue weighted by Gasteiger charge is -2.30. The molecule has 3 amide bonds. The highest BCUT2D eigenvalue weighted by atomic mass is 16.5. The Balaban J connectivity index is 1.33. The Morgan fingerprint density at radius 1 is 1.09 bits per heavy atom. The molecular weight excluding hydrogens is 418 g/mol. The predicted molar refractivity (Wildman–Crippen MR) is 124 cm³/mol. The van der Waals surface area contributed by atoms with Gasteiger partial charge in [-0.1, -0.05) is 18.2 Å². The van der Waals surface area contributed by atoms with Gasteiger partial charge >= 0.3 is 0 Å². The fourth-order valence-corrected chi connectivity index (χ4v) is 4.82. The molecule has 172 valence electrons. The number of rotatable bonds is 8. The Hall–Kier alpha value is -3.35. The summed E-state index contributed by atoms with van der Waals surface area (Å²) < 4.78 is 5.24. The lowest BCUT2D eigenvalue weighted by Crippen LogP contribution is -2.48. The van der Waals surface area contributed by atoms with Crippen LogP contribution in [0.25, 0.3) is 0 Å². The van der Waals surface area contributed by atoms with Crippen LogP contribution in [0.4, 0.5) is 5.69 Å². The fraction of sp³-hybridized carbons (Fsp3) is 0.423. The maximum absolute atomic E-state index is 13.3. The zero-order chi connectivity index (χ0) is 23.1. The molecule has 1 N–H and O–H groups in total. The zero-order valence-electron chi connectivity index (χ0n) is 19.0. The molecule has 7 nitrogen and oxygen atoms in total. The smallest absolute Gasteiger partial charge is 0.255 e. The summed E-state index contributed by atoms with van der Waals surface area (Å²) in [7, 11) is 1.61. The van der Waals surface area contributed by atoms with E-state index < -0.39 is 6.04 Å². The van der Waals surface area contributed by atoms with E-state index in [1.807, 2.05) is 42.5 Å². The van der Waals surface area contributed by atoms with E-state index >= 15 is 0 Å². The number of anilines is 1. The summed E-state index contributed by atoms with van der Waals surface area (Å²) in [5, 5.41) is 2.84. The lowest BCUT2D eigenvalue weighted by atomic mass is 10.0. The summed E-state index contributed by atoms with van der Waals surface area (Å²) in [5.41, 5.74) is 2.09. The predicted octanol–water partition coefficient (Wildman–Crippen LogP) is 3.30. The average Bonchev–Trinajstić information content (AvgIpc) is 3.75. The molecule has 2 aliphatic carbocycles. The van der Waals surface area contributed by atoms with E-state index in [9.17, 15) is 14.4 Å². The van der Waals surface area contributed by atoms with Crippen LogP contribution in [0, 0.1) is 5.92 Å². The van der Waals surface area contributed by atoms with Gasteiger partial charge in [0.25, 0.3) is 5.91 Å². The summed E-state index contributed by atoms with van der Waals surface area (Å²) in [6, 6.07) is 14.1. The maximum atomic E-state index is 13.3. The number of carbonyl (C=O) groups excluding carboxylic acids is 3. The van der Waals surface area contributed by atoms with Gasteiger partial charge in [-0.15, -0.1) is 0 Å². The minimum atomic E-state index is -0.677. The first kappa shape index (κ1) is 21.5. The Kier molecular flexibility index (Phi) is 5.56. The summed E-state index contributed by atoms with van der Waals surface area (Å²) in [4.78, 5) is 43.0. The second-order valence-corrected chi connectivity index (χ2v) is 9.19. The first-order valence-electron chi connectivity index (χ1n) is 11.6. The van der Waals surface area contributed by atoms with Crippen LogP contribution in [0.1, 0.15) is 54.6 Å². The van der Waals surface area contributed by atoms with Gasteiger partial charge in [0.05, 0.1) is 13.7 Å². The first-order valence-corrected chi connectivity index (χ1v) is 11.6. The molecule has 2 unspecified atom stereocenters. The van der Waals surface area contributed by atoms with Crippen LogP contribution in [-0.4, -0.2) is 48.4 Å². The number of ether oxygens (including phenoxy) is 1. The molecular formula is C26H29N3O4. The van der Waals surface area contributed by atoms with Gasteiger partial charge < -0.3 is 19.9 Å². The van der Waals surface area contributed by atoms with Crippen LogP contribution in [0.5, 0.6) is 5.75 Å². The number of nitrogens with one attached hydrogen (secondary N) is 1. The van der Waals surface area contributed by atoms with Crippen LogP contribution in [-0.2, 0) is 9.59 Å². The highest BCUT2D eigenvalue weighted by molar-refractivity contribution is 6.06. The van der Waals surface area contributed by atoms with Gasteiger partial charge in [-0.3, -0.25) is 14.4 Å². The molecule has 0 saturated heterocycles. The van der Waals surface area contributed by atoms with Gasteiger partial charge in [-0.05, 0) is 74.4 Å². The van der Waals surface area contributed by atoms with E-state index in [1.54, 1.807) is 23.0 Å². The Morgan fingerprint density at radius 3 is 2.42 bits per heavy atom. The highest BCUT2D eigenvalue weighted by Crippen LogP contribution is 2.42. The molecule has 5 rings (SSSR count). The van der Waals surface area contributed by atoms with Gasteiger partial charge in [-0.2, -0.15) is 0 Å². The van der Waals surface area contributed by atoms with Crippen molar-refractivity contribution in [3.63, 3.8) is 0 Å². The third kappa shape index (κ3) is 4.08. The quantitative estimate of drug-likeness (QED) is 0.674. The maximum Gasteiger partial charge on any atom is 0.255 e. The molecule has 2 atom stereocenters. The zero-order valence-corrected chi connectivity index (χ0v) is 19.0. The summed E-state index contributed by atoms with van der Waals surface area (Å²) in [5.74, 6) is 0.632. The summed E-state index contributed by atoms with van der Waals surface area (Å²) in [6.07, 6.45) is 4.02. The van der Waals surface area contributed by atoms with Crippen molar-refractivity contribution in [2.45, 2.75) is 50.7 Å². The van der Waals surface area contributed by atoms with E-state index in [4.69, 9.17) is 4.74 Å². The average molecular weight is 448 g/mol. The number of methoxy groups -OCH3 is 1. The van der Waals surface area contributed by atoms with Crippen molar-refractivity contribution in [1.82, 2.24) is 10.2 Å². The number of nitrogens with zero attached hydrogens (tertiary/aromatic N) is 2. The number of benzene rings is 2. The first-order chi connectivity index (χ1) is 16.0. The number of amides is 3. The largest absolute Gasteiger partial charge is 0.497 e. The Morgan fingerprint density at radius 2 is 1.79 bits per heavy atom. The topological polar surface area (TPSA) is 79.0 Å². The van der Waals surface area contributed by atoms with Crippen molar-refractivity contribution >= 4 is 23.4 Å². The third-order valence-electron chi connectivity index (χ3n) is 6.93. The number of hydrogen-bond donors (Lipinski definition) is 1. The molecule has 0 radical (unpaired) electrons. The van der Waals surface area contributed by atoms with Gasteiger partial charge in [0.2, 0.25) is 11.8 Å². The Bertz CT molecular complexity index is 1080. The molecule has 2 aromatic carbocycles. The van der Waals surface area contributed by atoms with E-state index in [1.165, 1.54) is 0 Å². The minimum Gasteiger partial charge on any atom is -0.497 e. The molecule has 7 heteroatoms. The van der Waals surface area contributed by atoms with Crippen molar-refractivity contribution in [2.75, 3.05) is 18.6 Å². The second kappa shape index (κ2) is 8.54. The van der Waals surface area contributed by atoms with Crippen molar-refractivity contribution in [3.8, 4) is 5.75 Å². The van der Waals surface area contributed by atoms with Crippen LogP contribution in [0.3, 0.4) is 0 Å². The minimum absolute atomic E-state index is 0.0412. The van der Waals surface area contributed by atoms with Crippen LogP contribution in [0.15, 0.2) is 48.5 Å². The molecule has 2 saturated carbocycles. The molecule has 0 spiro atoms. The molecule has 1 heterocycles. The normalized spacial score (nSPS) is 20.2. The van der Waals surface area contributed by atoms with Gasteiger partial charge in [0, 0.05) is 23.3 Å². The Labute approximate surface area is 193 Å². The molecule has 33 heavy (non-hydrogen) atoms. The van der Waals surface area contributed by atoms with Crippen LogP contribution in [0.2, 0.25) is 0 Å². The van der Waals surface area contributed by atoms with Crippen LogP contribution < -0.4 is 15.0 Å². The number of carbonyl (C=O) groups is 3.